The summed E-state index contributed by atoms with van der Waals surface area (Å²) in [5, 5.41) is 4.31. The molecule has 0 amide bonds. The fourth-order valence-electron chi connectivity index (χ4n) is 3.24. The minimum absolute atomic E-state index is 0. The van der Waals surface area contributed by atoms with Crippen molar-refractivity contribution in [2.75, 3.05) is 6.16 Å². The van der Waals surface area contributed by atoms with Gasteiger partial charge in [-0.25, -0.2) is 0 Å². The SMILES string of the molecule is B.C=CC[PH](c1ccccc1)(c1ccccc1)c1ccccc1. The first-order valence-electron chi connectivity index (χ1n) is 7.65. The number of benzene rings is 3. The Morgan fingerprint density at radius 1 is 0.609 bits per heavy atom. The van der Waals surface area contributed by atoms with Crippen molar-refractivity contribution < 1.29 is 0 Å². The number of hydrogen-bond acceptors (Lipinski definition) is 0. The summed E-state index contributed by atoms with van der Waals surface area (Å²) < 4.78 is 0. The van der Waals surface area contributed by atoms with Crippen molar-refractivity contribution in [2.24, 2.45) is 0 Å². The monoisotopic (exact) mass is 318 g/mol. The molecule has 0 nitrogen and oxygen atoms in total. The van der Waals surface area contributed by atoms with Crippen LogP contribution in [0.2, 0.25) is 0 Å². The zero-order valence-corrected chi connectivity index (χ0v) is 13.7. The van der Waals surface area contributed by atoms with E-state index < -0.39 is 7.26 Å². The Bertz CT molecular complexity index is 627. The van der Waals surface area contributed by atoms with Crippen LogP contribution >= 0.6 is 7.26 Å². The van der Waals surface area contributed by atoms with Crippen LogP contribution in [0, 0.1) is 0 Å². The molecule has 0 atom stereocenters. The van der Waals surface area contributed by atoms with Crippen LogP contribution in [0.1, 0.15) is 0 Å². The predicted octanol–water partition coefficient (Wildman–Crippen LogP) is 2.71. The van der Waals surface area contributed by atoms with Crippen LogP contribution in [0.4, 0.5) is 0 Å². The zero-order valence-electron chi connectivity index (χ0n) is 12.7. The second-order valence-electron chi connectivity index (χ2n) is 5.50. The number of rotatable bonds is 5. The second-order valence-corrected chi connectivity index (χ2v) is 9.45. The summed E-state index contributed by atoms with van der Waals surface area (Å²) in [6, 6.07) is 32.8. The molecule has 0 unspecified atom stereocenters. The van der Waals surface area contributed by atoms with Crippen LogP contribution in [-0.4, -0.2) is 14.6 Å². The fraction of sp³-hybridized carbons (Fsp3) is 0.0476. The molecule has 0 heterocycles. The Balaban J connectivity index is 0.00000192. The van der Waals surface area contributed by atoms with Gasteiger partial charge in [0.1, 0.15) is 0 Å². The van der Waals surface area contributed by atoms with E-state index >= 15 is 0 Å². The van der Waals surface area contributed by atoms with Crippen molar-refractivity contribution in [3.05, 3.63) is 104 Å². The van der Waals surface area contributed by atoms with Crippen molar-refractivity contribution in [1.29, 1.82) is 0 Å². The van der Waals surface area contributed by atoms with E-state index in [-0.39, 0.29) is 8.41 Å². The summed E-state index contributed by atoms with van der Waals surface area (Å²) in [6.07, 6.45) is 3.09. The van der Waals surface area contributed by atoms with Crippen molar-refractivity contribution in [3.63, 3.8) is 0 Å². The van der Waals surface area contributed by atoms with Crippen molar-refractivity contribution in [2.45, 2.75) is 0 Å². The first-order valence-corrected chi connectivity index (χ1v) is 9.86. The molecule has 0 aliphatic rings. The summed E-state index contributed by atoms with van der Waals surface area (Å²) in [5.41, 5.74) is 0. The van der Waals surface area contributed by atoms with Crippen LogP contribution in [0.3, 0.4) is 0 Å². The van der Waals surface area contributed by atoms with Gasteiger partial charge in [0.2, 0.25) is 0 Å². The maximum atomic E-state index is 4.06. The first kappa shape index (κ1) is 17.3. The molecule has 0 N–H and O–H groups in total. The Morgan fingerprint density at radius 2 is 0.913 bits per heavy atom. The summed E-state index contributed by atoms with van der Waals surface area (Å²) in [6.45, 7) is 4.06. The molecule has 3 aromatic carbocycles. The van der Waals surface area contributed by atoms with Gasteiger partial charge in [-0.3, -0.25) is 0 Å². The maximum absolute atomic E-state index is 4.06. The number of hydrogen-bond donors (Lipinski definition) is 0. The van der Waals surface area contributed by atoms with E-state index in [1.807, 2.05) is 0 Å². The van der Waals surface area contributed by atoms with Crippen LogP contribution < -0.4 is 15.9 Å². The van der Waals surface area contributed by atoms with Gasteiger partial charge in [-0.05, 0) is 0 Å². The van der Waals surface area contributed by atoms with E-state index in [4.69, 9.17) is 0 Å². The van der Waals surface area contributed by atoms with Crippen molar-refractivity contribution in [1.82, 2.24) is 0 Å². The van der Waals surface area contributed by atoms with Gasteiger partial charge < -0.3 is 0 Å². The molecule has 3 aromatic rings. The molecule has 0 spiro atoms. The van der Waals surface area contributed by atoms with Gasteiger partial charge in [-0.1, -0.05) is 0 Å². The van der Waals surface area contributed by atoms with E-state index in [0.717, 1.165) is 6.16 Å². The van der Waals surface area contributed by atoms with E-state index in [1.165, 1.54) is 15.9 Å². The Kier molecular flexibility index (Phi) is 5.96. The van der Waals surface area contributed by atoms with Gasteiger partial charge in [0, 0.05) is 0 Å². The van der Waals surface area contributed by atoms with Gasteiger partial charge in [0.15, 0.2) is 0 Å². The molecule has 0 saturated heterocycles. The molecule has 0 saturated carbocycles. The standard InChI is InChI=1S/C21H21P.BH3/c1-2-18-22(19-12-6-3-7-13-19,20-14-8-4-9-15-20)21-16-10-5-11-17-21;/h2-17,22H,1,18H2;1H3. The summed E-state index contributed by atoms with van der Waals surface area (Å²) >= 11 is 0. The molecular formula is C21H24BP. The minimum atomic E-state index is -2.04. The summed E-state index contributed by atoms with van der Waals surface area (Å²) in [5.74, 6) is 0. The Morgan fingerprint density at radius 3 is 1.17 bits per heavy atom. The van der Waals surface area contributed by atoms with E-state index in [2.05, 4.69) is 104 Å². The third-order valence-electron chi connectivity index (χ3n) is 4.25. The topological polar surface area (TPSA) is 0 Å². The fourth-order valence-corrected chi connectivity index (χ4v) is 7.66. The van der Waals surface area contributed by atoms with Crippen LogP contribution in [0.25, 0.3) is 0 Å². The third-order valence-corrected chi connectivity index (χ3v) is 9.11. The molecule has 2 heteroatoms. The van der Waals surface area contributed by atoms with E-state index in [9.17, 15) is 0 Å². The molecule has 0 aromatic heterocycles. The average Bonchev–Trinajstić information content (AvgIpc) is 2.62. The van der Waals surface area contributed by atoms with Crippen LogP contribution in [-0.2, 0) is 0 Å². The Hall–Kier alpha value is -2.11. The quantitative estimate of drug-likeness (QED) is 0.385. The third kappa shape index (κ3) is 3.31. The van der Waals surface area contributed by atoms with Crippen molar-refractivity contribution in [3.8, 4) is 0 Å². The Labute approximate surface area is 141 Å². The molecule has 23 heavy (non-hydrogen) atoms. The van der Waals surface area contributed by atoms with Crippen molar-refractivity contribution >= 4 is 31.6 Å². The molecule has 0 aliphatic heterocycles. The molecule has 116 valence electrons. The molecule has 0 fully saturated rings. The first-order chi connectivity index (χ1) is 10.9. The molecule has 0 bridgehead atoms. The molecular weight excluding hydrogens is 294 g/mol. The van der Waals surface area contributed by atoms with Gasteiger partial charge in [-0.15, -0.1) is 0 Å². The average molecular weight is 318 g/mol. The van der Waals surface area contributed by atoms with E-state index in [1.54, 1.807) is 0 Å². The second kappa shape index (κ2) is 7.95. The molecule has 0 radical (unpaired) electrons. The predicted molar refractivity (Wildman–Crippen MR) is 112 cm³/mol. The van der Waals surface area contributed by atoms with Gasteiger partial charge >= 0.3 is 133 Å². The van der Waals surface area contributed by atoms with E-state index in [0.29, 0.717) is 0 Å². The number of allylic oxidation sites excluding steroid dienone is 1. The van der Waals surface area contributed by atoms with Gasteiger partial charge in [0.05, 0.1) is 8.41 Å². The summed E-state index contributed by atoms with van der Waals surface area (Å²) in [4.78, 5) is 0. The van der Waals surface area contributed by atoms with Gasteiger partial charge in [0.25, 0.3) is 0 Å². The zero-order chi connectivity index (χ0) is 15.3. The normalized spacial score (nSPS) is 11.3. The molecule has 0 aliphatic carbocycles. The van der Waals surface area contributed by atoms with Gasteiger partial charge in [-0.2, -0.15) is 0 Å². The van der Waals surface area contributed by atoms with Crippen LogP contribution in [0.5, 0.6) is 0 Å². The summed E-state index contributed by atoms with van der Waals surface area (Å²) in [7, 11) is -2.04. The molecule has 3 rings (SSSR count). The van der Waals surface area contributed by atoms with Crippen LogP contribution in [0.15, 0.2) is 104 Å².